The fourth-order valence-corrected chi connectivity index (χ4v) is 3.22. The van der Waals surface area contributed by atoms with E-state index in [1.165, 1.54) is 34.7 Å². The average molecular weight is 254 g/mol. The molecule has 1 heterocycles. The lowest BCUT2D eigenvalue weighted by molar-refractivity contribution is 0.217. The molecule has 0 radical (unpaired) electrons. The van der Waals surface area contributed by atoms with Crippen LogP contribution < -0.4 is 5.73 Å². The molecular weight excluding hydrogens is 232 g/mol. The highest BCUT2D eigenvalue weighted by Gasteiger charge is 2.29. The Bertz CT molecular complexity index is 576. The summed E-state index contributed by atoms with van der Waals surface area (Å²) in [4.78, 5) is 2.54. The minimum Gasteiger partial charge on any atom is -0.329 e. The van der Waals surface area contributed by atoms with Crippen molar-refractivity contribution in [1.29, 1.82) is 0 Å². The molecule has 0 bridgehead atoms. The van der Waals surface area contributed by atoms with Crippen molar-refractivity contribution in [3.63, 3.8) is 0 Å². The quantitative estimate of drug-likeness (QED) is 0.905. The molecule has 2 aromatic carbocycles. The lowest BCUT2D eigenvalue weighted by Crippen LogP contribution is -2.28. The van der Waals surface area contributed by atoms with Gasteiger partial charge in [-0.05, 0) is 34.9 Å². The third-order valence-corrected chi connectivity index (χ3v) is 4.26. The third kappa shape index (κ3) is 2.15. The molecule has 2 heteroatoms. The van der Waals surface area contributed by atoms with Crippen molar-refractivity contribution in [1.82, 2.24) is 4.90 Å². The molecule has 1 aliphatic heterocycles. The molecule has 0 saturated carbocycles. The van der Waals surface area contributed by atoms with E-state index in [-0.39, 0.29) is 0 Å². The number of hydrogen-bond acceptors (Lipinski definition) is 2. The zero-order valence-electron chi connectivity index (χ0n) is 11.6. The molecule has 2 N–H and O–H groups in total. The molecule has 0 spiro atoms. The maximum Gasteiger partial charge on any atom is 0.0477 e. The van der Waals surface area contributed by atoms with E-state index >= 15 is 0 Å². The second kappa shape index (κ2) is 5.32. The van der Waals surface area contributed by atoms with Crippen LogP contribution in [-0.2, 0) is 6.54 Å². The van der Waals surface area contributed by atoms with Gasteiger partial charge in [0, 0.05) is 19.1 Å². The Labute approximate surface area is 115 Å². The molecule has 3 rings (SSSR count). The van der Waals surface area contributed by atoms with Gasteiger partial charge >= 0.3 is 0 Å². The molecule has 0 aromatic heterocycles. The Morgan fingerprint density at radius 1 is 1.21 bits per heavy atom. The number of unbranched alkanes of at least 4 members (excludes halogenated alkanes) is 1. The molecular formula is C17H22N2. The largest absolute Gasteiger partial charge is 0.329 e. The highest BCUT2D eigenvalue weighted by Crippen LogP contribution is 2.37. The molecule has 100 valence electrons. The van der Waals surface area contributed by atoms with Gasteiger partial charge < -0.3 is 5.73 Å². The van der Waals surface area contributed by atoms with Crippen LogP contribution in [0.3, 0.4) is 0 Å². The lowest BCUT2D eigenvalue weighted by Gasteiger charge is -2.23. The first-order valence-corrected chi connectivity index (χ1v) is 7.29. The van der Waals surface area contributed by atoms with Crippen molar-refractivity contribution in [3.05, 3.63) is 47.5 Å². The van der Waals surface area contributed by atoms with Crippen LogP contribution in [0.25, 0.3) is 10.8 Å². The Morgan fingerprint density at radius 3 is 2.84 bits per heavy atom. The Hall–Kier alpha value is -1.38. The van der Waals surface area contributed by atoms with Crippen molar-refractivity contribution < 1.29 is 0 Å². The van der Waals surface area contributed by atoms with Gasteiger partial charge in [0.1, 0.15) is 0 Å². The minimum atomic E-state index is 0.408. The second-order valence-corrected chi connectivity index (χ2v) is 5.43. The van der Waals surface area contributed by atoms with Crippen molar-refractivity contribution >= 4 is 10.8 Å². The Morgan fingerprint density at radius 2 is 2.05 bits per heavy atom. The monoisotopic (exact) mass is 254 g/mol. The first-order chi connectivity index (χ1) is 9.35. The predicted octanol–water partition coefficient (Wildman–Crippen LogP) is 3.46. The van der Waals surface area contributed by atoms with Gasteiger partial charge in [0.15, 0.2) is 0 Å². The van der Waals surface area contributed by atoms with Crippen molar-refractivity contribution in [2.45, 2.75) is 32.4 Å². The maximum absolute atomic E-state index is 6.01. The predicted molar refractivity (Wildman–Crippen MR) is 81.1 cm³/mol. The van der Waals surface area contributed by atoms with Gasteiger partial charge in [0.2, 0.25) is 0 Å². The summed E-state index contributed by atoms with van der Waals surface area (Å²) in [5.41, 5.74) is 8.95. The topological polar surface area (TPSA) is 29.3 Å². The number of nitrogens with two attached hydrogens (primary N) is 1. The summed E-state index contributed by atoms with van der Waals surface area (Å²) >= 11 is 0. The van der Waals surface area contributed by atoms with Gasteiger partial charge in [-0.1, -0.05) is 49.7 Å². The van der Waals surface area contributed by atoms with Gasteiger partial charge in [0.05, 0.1) is 0 Å². The highest BCUT2D eigenvalue weighted by molar-refractivity contribution is 5.87. The molecule has 2 aromatic rings. The van der Waals surface area contributed by atoms with Crippen LogP contribution in [0.15, 0.2) is 36.4 Å². The maximum atomic E-state index is 6.01. The molecule has 1 atom stereocenters. The minimum absolute atomic E-state index is 0.408. The van der Waals surface area contributed by atoms with E-state index in [4.69, 9.17) is 5.73 Å². The smallest absolute Gasteiger partial charge is 0.0477 e. The Balaban J connectivity index is 2.02. The molecule has 0 aliphatic carbocycles. The summed E-state index contributed by atoms with van der Waals surface area (Å²) in [6.07, 6.45) is 2.49. The summed E-state index contributed by atoms with van der Waals surface area (Å²) in [6, 6.07) is 13.6. The first kappa shape index (κ1) is 12.6. The number of benzene rings is 2. The van der Waals surface area contributed by atoms with Crippen LogP contribution in [0.4, 0.5) is 0 Å². The molecule has 0 amide bonds. The molecule has 19 heavy (non-hydrogen) atoms. The van der Waals surface area contributed by atoms with Gasteiger partial charge in [-0.2, -0.15) is 0 Å². The zero-order valence-corrected chi connectivity index (χ0v) is 11.6. The second-order valence-electron chi connectivity index (χ2n) is 5.43. The van der Waals surface area contributed by atoms with Gasteiger partial charge in [-0.15, -0.1) is 0 Å². The van der Waals surface area contributed by atoms with E-state index in [0.29, 0.717) is 6.04 Å². The molecule has 2 nitrogen and oxygen atoms in total. The first-order valence-electron chi connectivity index (χ1n) is 7.29. The molecule has 0 saturated heterocycles. The number of rotatable bonds is 4. The SMILES string of the molecule is CCCCN1Cc2c(ccc3ccccc23)C1CN. The molecule has 1 unspecified atom stereocenters. The van der Waals surface area contributed by atoms with E-state index in [9.17, 15) is 0 Å². The van der Waals surface area contributed by atoms with E-state index in [2.05, 4.69) is 48.2 Å². The van der Waals surface area contributed by atoms with Crippen LogP contribution in [0.1, 0.15) is 36.9 Å². The summed E-state index contributed by atoms with van der Waals surface area (Å²) in [7, 11) is 0. The van der Waals surface area contributed by atoms with Gasteiger partial charge in [-0.3, -0.25) is 4.90 Å². The summed E-state index contributed by atoms with van der Waals surface area (Å²) in [5.74, 6) is 0. The highest BCUT2D eigenvalue weighted by atomic mass is 15.2. The molecule has 0 fully saturated rings. The molecule has 1 aliphatic rings. The number of nitrogens with zero attached hydrogens (tertiary/aromatic N) is 1. The standard InChI is InChI=1S/C17H22N2/c1-2-3-10-19-12-16-14-7-5-4-6-13(14)8-9-15(16)17(19)11-18/h4-9,17H,2-3,10-12,18H2,1H3. The third-order valence-electron chi connectivity index (χ3n) is 4.26. The van der Waals surface area contributed by atoms with Crippen molar-refractivity contribution in [3.8, 4) is 0 Å². The van der Waals surface area contributed by atoms with E-state index in [1.54, 1.807) is 0 Å². The fraction of sp³-hybridized carbons (Fsp3) is 0.412. The van der Waals surface area contributed by atoms with E-state index in [0.717, 1.165) is 19.6 Å². The number of hydrogen-bond donors (Lipinski definition) is 1. The van der Waals surface area contributed by atoms with Crippen molar-refractivity contribution in [2.24, 2.45) is 5.73 Å². The van der Waals surface area contributed by atoms with E-state index < -0.39 is 0 Å². The van der Waals surface area contributed by atoms with Gasteiger partial charge in [0.25, 0.3) is 0 Å². The van der Waals surface area contributed by atoms with Crippen LogP contribution in [-0.4, -0.2) is 18.0 Å². The van der Waals surface area contributed by atoms with Crippen LogP contribution >= 0.6 is 0 Å². The summed E-state index contributed by atoms with van der Waals surface area (Å²) in [6.45, 7) is 5.17. The van der Waals surface area contributed by atoms with Crippen molar-refractivity contribution in [2.75, 3.05) is 13.1 Å². The zero-order chi connectivity index (χ0) is 13.2. The van der Waals surface area contributed by atoms with Crippen LogP contribution in [0.2, 0.25) is 0 Å². The fourth-order valence-electron chi connectivity index (χ4n) is 3.22. The van der Waals surface area contributed by atoms with Crippen LogP contribution in [0.5, 0.6) is 0 Å². The normalized spacial score (nSPS) is 18.9. The summed E-state index contributed by atoms with van der Waals surface area (Å²) in [5, 5.41) is 2.74. The number of fused-ring (bicyclic) bond motifs is 3. The van der Waals surface area contributed by atoms with E-state index in [1.807, 2.05) is 0 Å². The van der Waals surface area contributed by atoms with Gasteiger partial charge in [-0.25, -0.2) is 0 Å². The van der Waals surface area contributed by atoms with Crippen LogP contribution in [0, 0.1) is 0 Å². The lowest BCUT2D eigenvalue weighted by atomic mass is 9.98. The summed E-state index contributed by atoms with van der Waals surface area (Å²) < 4.78 is 0. The Kier molecular flexibility index (Phi) is 3.54. The average Bonchev–Trinajstić information content (AvgIpc) is 2.82.